The zero-order valence-electron chi connectivity index (χ0n) is 36.3. The first-order chi connectivity index (χ1) is 28.3. The third-order valence-corrected chi connectivity index (χ3v) is 16.8. The predicted molar refractivity (Wildman–Crippen MR) is 246 cm³/mol. The van der Waals surface area contributed by atoms with E-state index in [9.17, 15) is 0 Å². The van der Waals surface area contributed by atoms with E-state index in [1.54, 1.807) is 0 Å². The quantitative estimate of drug-likeness (QED) is 0.179. The zero-order valence-corrected chi connectivity index (χ0v) is 36.3. The van der Waals surface area contributed by atoms with Crippen LogP contribution in [0, 0.1) is 13.8 Å². The summed E-state index contributed by atoms with van der Waals surface area (Å²) >= 11 is 0. The molecule has 0 saturated heterocycles. The molecular weight excluding hydrogens is 717 g/mol. The summed E-state index contributed by atoms with van der Waals surface area (Å²) in [7, 11) is 0. The standard InChI is InChI=1S/C55H58N4/c1-35-29-41(21-27-56-35)58-49-19-15-39(33-47(49)52(5)23-9-11-25-54(52,58)7)37-13-17-43-44-18-14-38(32-46(44)51(3,4)45(43)31-37)40-16-20-50-48(34-40)53(6)24-10-12-26-55(53,8)59(50)42-22-28-57-36(2)30-42/h13-22,27-34H,9-12,23-26H2,1-8H3. The summed E-state index contributed by atoms with van der Waals surface area (Å²) in [6, 6.07) is 38.2. The van der Waals surface area contributed by atoms with Crippen LogP contribution in [-0.4, -0.2) is 21.0 Å². The van der Waals surface area contributed by atoms with Crippen molar-refractivity contribution in [2.24, 2.45) is 0 Å². The molecule has 0 radical (unpaired) electrons. The number of anilines is 4. The second-order valence-electron chi connectivity index (χ2n) is 20.2. The summed E-state index contributed by atoms with van der Waals surface area (Å²) in [6.45, 7) is 19.2. The zero-order chi connectivity index (χ0) is 40.7. The average molecular weight is 775 g/mol. The van der Waals surface area contributed by atoms with Gasteiger partial charge in [-0.1, -0.05) is 89.8 Å². The van der Waals surface area contributed by atoms with Crippen molar-refractivity contribution in [3.63, 3.8) is 0 Å². The predicted octanol–water partition coefficient (Wildman–Crippen LogP) is 14.2. The van der Waals surface area contributed by atoms with E-state index in [0.717, 1.165) is 11.4 Å². The topological polar surface area (TPSA) is 32.3 Å². The Morgan fingerprint density at radius 2 is 0.797 bits per heavy atom. The second-order valence-corrected chi connectivity index (χ2v) is 20.2. The number of rotatable bonds is 4. The molecule has 4 unspecified atom stereocenters. The van der Waals surface area contributed by atoms with E-state index >= 15 is 0 Å². The van der Waals surface area contributed by atoms with Gasteiger partial charge in [0.05, 0.1) is 11.1 Å². The van der Waals surface area contributed by atoms with E-state index < -0.39 is 0 Å². The molecule has 4 aromatic carbocycles. The number of nitrogens with zero attached hydrogens (tertiary/aromatic N) is 4. The van der Waals surface area contributed by atoms with Gasteiger partial charge in [-0.15, -0.1) is 0 Å². The highest BCUT2D eigenvalue weighted by atomic mass is 15.3. The van der Waals surface area contributed by atoms with Crippen molar-refractivity contribution in [1.29, 1.82) is 0 Å². The number of benzene rings is 4. The van der Waals surface area contributed by atoms with E-state index in [4.69, 9.17) is 0 Å². The molecular formula is C55H58N4. The van der Waals surface area contributed by atoms with Gasteiger partial charge < -0.3 is 9.80 Å². The van der Waals surface area contributed by atoms with Crippen molar-refractivity contribution in [2.75, 3.05) is 9.80 Å². The Morgan fingerprint density at radius 3 is 1.20 bits per heavy atom. The van der Waals surface area contributed by atoms with Crippen LogP contribution in [0.4, 0.5) is 22.7 Å². The van der Waals surface area contributed by atoms with Gasteiger partial charge in [-0.25, -0.2) is 0 Å². The maximum atomic E-state index is 4.56. The molecule has 0 spiro atoms. The fourth-order valence-electron chi connectivity index (χ4n) is 13.1. The van der Waals surface area contributed by atoms with Crippen molar-refractivity contribution in [3.05, 3.63) is 143 Å². The molecule has 11 rings (SSSR count). The largest absolute Gasteiger partial charge is 0.334 e. The summed E-state index contributed by atoms with van der Waals surface area (Å²) in [4.78, 5) is 14.4. The fourth-order valence-corrected chi connectivity index (χ4v) is 13.1. The number of hydrogen-bond acceptors (Lipinski definition) is 4. The number of aryl methyl sites for hydroxylation is 2. The summed E-state index contributed by atoms with van der Waals surface area (Å²) in [5.74, 6) is 0. The Morgan fingerprint density at radius 1 is 0.424 bits per heavy atom. The minimum absolute atomic E-state index is 0.0179. The smallest absolute Gasteiger partial charge is 0.0517 e. The first-order valence-electron chi connectivity index (χ1n) is 22.3. The van der Waals surface area contributed by atoms with Gasteiger partial charge in [-0.05, 0) is 170 Å². The lowest BCUT2D eigenvalue weighted by Gasteiger charge is -2.50. The molecule has 2 aliphatic heterocycles. The van der Waals surface area contributed by atoms with Gasteiger partial charge in [0, 0.05) is 62.8 Å². The van der Waals surface area contributed by atoms with Crippen LogP contribution in [-0.2, 0) is 16.2 Å². The van der Waals surface area contributed by atoms with Crippen LogP contribution < -0.4 is 9.80 Å². The van der Waals surface area contributed by atoms with Crippen molar-refractivity contribution in [3.8, 4) is 33.4 Å². The molecule has 0 bridgehead atoms. The summed E-state index contributed by atoms with van der Waals surface area (Å²) in [6.07, 6.45) is 13.8. The highest BCUT2D eigenvalue weighted by Gasteiger charge is 2.59. The summed E-state index contributed by atoms with van der Waals surface area (Å²) in [5.41, 5.74) is 21.3. The van der Waals surface area contributed by atoms with Crippen LogP contribution in [0.2, 0.25) is 0 Å². The number of aromatic nitrogens is 2. The maximum absolute atomic E-state index is 4.56. The number of pyridine rings is 2. The molecule has 4 heterocycles. The molecule has 0 amide bonds. The van der Waals surface area contributed by atoms with Crippen LogP contribution in [0.3, 0.4) is 0 Å². The fraction of sp³-hybridized carbons (Fsp3) is 0.382. The number of fused-ring (bicyclic) bond motifs is 9. The van der Waals surface area contributed by atoms with E-state index in [2.05, 4.69) is 172 Å². The molecule has 3 aliphatic carbocycles. The molecule has 5 aliphatic rings. The first-order valence-corrected chi connectivity index (χ1v) is 22.3. The summed E-state index contributed by atoms with van der Waals surface area (Å²) < 4.78 is 0. The lowest BCUT2D eigenvalue weighted by atomic mass is 9.61. The van der Waals surface area contributed by atoms with Crippen molar-refractivity contribution < 1.29 is 0 Å². The third-order valence-electron chi connectivity index (χ3n) is 16.8. The maximum Gasteiger partial charge on any atom is 0.0517 e. The normalized spacial score (nSPS) is 27.1. The van der Waals surface area contributed by atoms with Gasteiger partial charge in [0.25, 0.3) is 0 Å². The lowest BCUT2D eigenvalue weighted by Crippen LogP contribution is -2.54. The Balaban J connectivity index is 0.960. The Hall–Kier alpha value is -5.22. The van der Waals surface area contributed by atoms with E-state index in [1.165, 1.54) is 130 Å². The average Bonchev–Trinajstić information content (AvgIpc) is 3.68. The molecule has 0 N–H and O–H groups in total. The Kier molecular flexibility index (Phi) is 7.75. The Bertz CT molecular complexity index is 2540. The van der Waals surface area contributed by atoms with Crippen LogP contribution in [0.25, 0.3) is 33.4 Å². The molecule has 6 aromatic rings. The molecule has 2 fully saturated rings. The molecule has 4 atom stereocenters. The molecule has 298 valence electrons. The van der Waals surface area contributed by atoms with Crippen LogP contribution in [0.5, 0.6) is 0 Å². The van der Waals surface area contributed by atoms with E-state index in [1.807, 2.05) is 12.4 Å². The summed E-state index contributed by atoms with van der Waals surface area (Å²) in [5, 5.41) is 0. The number of hydrogen-bond donors (Lipinski definition) is 0. The van der Waals surface area contributed by atoms with Crippen LogP contribution in [0.1, 0.15) is 127 Å². The van der Waals surface area contributed by atoms with Crippen molar-refractivity contribution in [2.45, 2.75) is 134 Å². The molecule has 4 heteroatoms. The lowest BCUT2D eigenvalue weighted by molar-refractivity contribution is 0.195. The van der Waals surface area contributed by atoms with Crippen molar-refractivity contribution in [1.82, 2.24) is 9.97 Å². The highest BCUT2D eigenvalue weighted by Crippen LogP contribution is 2.63. The van der Waals surface area contributed by atoms with Gasteiger partial charge in [0.15, 0.2) is 0 Å². The monoisotopic (exact) mass is 774 g/mol. The minimum atomic E-state index is -0.127. The third kappa shape index (κ3) is 4.89. The first kappa shape index (κ1) is 36.8. The SMILES string of the molecule is Cc1cc(N2c3ccc(-c4ccc5c(c4)C(C)(C)c4cc(-c6ccc7c(c6)C6(C)CCCCC6(C)N7c6ccnc(C)c6)ccc4-5)cc3C3(C)CCCCC23C)ccn1. The van der Waals surface area contributed by atoms with Gasteiger partial charge in [0.1, 0.15) is 0 Å². The van der Waals surface area contributed by atoms with Crippen molar-refractivity contribution >= 4 is 22.7 Å². The van der Waals surface area contributed by atoms with Gasteiger partial charge in [-0.2, -0.15) is 0 Å². The van der Waals surface area contributed by atoms with E-state index in [-0.39, 0.29) is 27.3 Å². The van der Waals surface area contributed by atoms with Crippen LogP contribution in [0.15, 0.2) is 109 Å². The van der Waals surface area contributed by atoms with E-state index in [0.29, 0.717) is 0 Å². The van der Waals surface area contributed by atoms with Gasteiger partial charge in [0.2, 0.25) is 0 Å². The van der Waals surface area contributed by atoms with Gasteiger partial charge >= 0.3 is 0 Å². The van der Waals surface area contributed by atoms with Gasteiger partial charge in [-0.3, -0.25) is 9.97 Å². The molecule has 59 heavy (non-hydrogen) atoms. The molecule has 2 aromatic heterocycles. The highest BCUT2D eigenvalue weighted by molar-refractivity contribution is 5.88. The minimum Gasteiger partial charge on any atom is -0.334 e. The molecule has 2 saturated carbocycles. The Labute approximate surface area is 351 Å². The van der Waals surface area contributed by atoms with Crippen LogP contribution >= 0.6 is 0 Å². The second kappa shape index (κ2) is 12.4. The molecule has 4 nitrogen and oxygen atoms in total.